The molecule has 2 amide bonds. The third-order valence-electron chi connectivity index (χ3n) is 2.60. The summed E-state index contributed by atoms with van der Waals surface area (Å²) in [5, 5.41) is 2.82. The minimum atomic E-state index is -0.0155. The lowest BCUT2D eigenvalue weighted by Gasteiger charge is -2.27. The highest BCUT2D eigenvalue weighted by atomic mass is 16.2. The Morgan fingerprint density at radius 3 is 1.94 bits per heavy atom. The first kappa shape index (κ1) is 14.9. The fourth-order valence-corrected chi connectivity index (χ4v) is 1.21. The van der Waals surface area contributed by atoms with Gasteiger partial charge in [0.05, 0.1) is 0 Å². The highest BCUT2D eigenvalue weighted by Crippen LogP contribution is 2.03. The zero-order valence-electron chi connectivity index (χ0n) is 11.2. The summed E-state index contributed by atoms with van der Waals surface area (Å²) in [6, 6.07) is 0.0256. The summed E-state index contributed by atoms with van der Waals surface area (Å²) in [4.78, 5) is 24.7. The van der Waals surface area contributed by atoms with E-state index >= 15 is 0 Å². The molecule has 0 heterocycles. The molecule has 0 aromatic heterocycles. The zero-order valence-corrected chi connectivity index (χ0v) is 11.2. The first-order valence-electron chi connectivity index (χ1n) is 5.81. The van der Waals surface area contributed by atoms with E-state index in [2.05, 4.69) is 5.32 Å². The van der Waals surface area contributed by atoms with Crippen LogP contribution >= 0.6 is 0 Å². The number of nitrogens with one attached hydrogen (secondary N) is 1. The molecule has 0 unspecified atom stereocenters. The van der Waals surface area contributed by atoms with Crippen LogP contribution in [0.5, 0.6) is 0 Å². The van der Waals surface area contributed by atoms with Gasteiger partial charge >= 0.3 is 0 Å². The summed E-state index contributed by atoms with van der Waals surface area (Å²) in [5.41, 5.74) is 0. The van der Waals surface area contributed by atoms with Crippen LogP contribution in [-0.2, 0) is 9.59 Å². The SMILES string of the molecule is CC(C)C(=O)NC[C@@H](C)N(C)C(=O)C(C)C. The number of hydrogen-bond acceptors (Lipinski definition) is 2. The van der Waals surface area contributed by atoms with E-state index in [0.29, 0.717) is 6.54 Å². The third kappa shape index (κ3) is 4.64. The lowest BCUT2D eigenvalue weighted by atomic mass is 10.1. The van der Waals surface area contributed by atoms with Gasteiger partial charge in [-0.2, -0.15) is 0 Å². The molecule has 0 rings (SSSR count). The predicted octanol–water partition coefficient (Wildman–Crippen LogP) is 1.26. The van der Waals surface area contributed by atoms with Crippen LogP contribution < -0.4 is 5.32 Å². The average Bonchev–Trinajstić information content (AvgIpc) is 2.22. The van der Waals surface area contributed by atoms with Gasteiger partial charge in [-0.3, -0.25) is 9.59 Å². The van der Waals surface area contributed by atoms with E-state index in [9.17, 15) is 9.59 Å². The number of hydrogen-bond donors (Lipinski definition) is 1. The van der Waals surface area contributed by atoms with Gasteiger partial charge in [0.1, 0.15) is 0 Å². The number of nitrogens with zero attached hydrogens (tertiary/aromatic N) is 1. The van der Waals surface area contributed by atoms with Crippen molar-refractivity contribution in [3.05, 3.63) is 0 Å². The maximum atomic E-state index is 11.7. The molecule has 4 heteroatoms. The van der Waals surface area contributed by atoms with Crippen molar-refractivity contribution in [2.45, 2.75) is 40.7 Å². The second-order valence-corrected chi connectivity index (χ2v) is 4.85. The Labute approximate surface area is 98.4 Å². The maximum absolute atomic E-state index is 11.7. The third-order valence-corrected chi connectivity index (χ3v) is 2.60. The summed E-state index contributed by atoms with van der Waals surface area (Å²) in [7, 11) is 1.77. The van der Waals surface area contributed by atoms with Crippen LogP contribution in [0.1, 0.15) is 34.6 Å². The Balaban J connectivity index is 4.11. The van der Waals surface area contributed by atoms with Crippen molar-refractivity contribution in [1.29, 1.82) is 0 Å². The van der Waals surface area contributed by atoms with Crippen LogP contribution in [0.3, 0.4) is 0 Å². The van der Waals surface area contributed by atoms with Crippen molar-refractivity contribution in [2.75, 3.05) is 13.6 Å². The van der Waals surface area contributed by atoms with Crippen LogP contribution in [0, 0.1) is 11.8 Å². The molecule has 0 aliphatic heterocycles. The van der Waals surface area contributed by atoms with Gasteiger partial charge in [-0.25, -0.2) is 0 Å². The molecular weight excluding hydrogens is 204 g/mol. The number of rotatable bonds is 5. The highest BCUT2D eigenvalue weighted by molar-refractivity contribution is 5.79. The molecule has 0 saturated heterocycles. The molecule has 1 N–H and O–H groups in total. The number of amides is 2. The number of carbonyl (C=O) groups is 2. The van der Waals surface area contributed by atoms with Crippen molar-refractivity contribution >= 4 is 11.8 Å². The normalized spacial score (nSPS) is 12.8. The first-order chi connectivity index (χ1) is 7.27. The van der Waals surface area contributed by atoms with E-state index in [4.69, 9.17) is 0 Å². The van der Waals surface area contributed by atoms with E-state index in [-0.39, 0.29) is 29.7 Å². The molecule has 0 spiro atoms. The molecule has 0 radical (unpaired) electrons. The van der Waals surface area contributed by atoms with Gasteiger partial charge < -0.3 is 10.2 Å². The Morgan fingerprint density at radius 2 is 1.56 bits per heavy atom. The second-order valence-electron chi connectivity index (χ2n) is 4.85. The van der Waals surface area contributed by atoms with Crippen LogP contribution in [0.15, 0.2) is 0 Å². The van der Waals surface area contributed by atoms with Crippen LogP contribution in [0.25, 0.3) is 0 Å². The number of carbonyl (C=O) groups excluding carboxylic acids is 2. The van der Waals surface area contributed by atoms with Crippen molar-refractivity contribution in [3.63, 3.8) is 0 Å². The fraction of sp³-hybridized carbons (Fsp3) is 0.833. The molecule has 4 nitrogen and oxygen atoms in total. The van der Waals surface area contributed by atoms with Gasteiger partial charge in [-0.05, 0) is 6.92 Å². The average molecular weight is 228 g/mol. The Kier molecular flexibility index (Phi) is 6.08. The Morgan fingerprint density at radius 1 is 1.06 bits per heavy atom. The Hall–Kier alpha value is -1.06. The van der Waals surface area contributed by atoms with Crippen molar-refractivity contribution < 1.29 is 9.59 Å². The largest absolute Gasteiger partial charge is 0.354 e. The van der Waals surface area contributed by atoms with E-state index in [1.807, 2.05) is 34.6 Å². The van der Waals surface area contributed by atoms with Crippen LogP contribution in [0.2, 0.25) is 0 Å². The standard InChI is InChI=1S/C12H24N2O2/c1-8(2)11(15)13-7-10(5)14(6)12(16)9(3)4/h8-10H,7H2,1-6H3,(H,13,15)/t10-/m1/s1. The zero-order chi connectivity index (χ0) is 12.9. The molecular formula is C12H24N2O2. The van der Waals surface area contributed by atoms with Gasteiger partial charge in [-0.1, -0.05) is 27.7 Å². The van der Waals surface area contributed by atoms with Crippen molar-refractivity contribution in [2.24, 2.45) is 11.8 Å². The Bertz CT molecular complexity index is 249. The highest BCUT2D eigenvalue weighted by Gasteiger charge is 2.19. The minimum absolute atomic E-state index is 0.00625. The summed E-state index contributed by atoms with van der Waals surface area (Å²) in [6.45, 7) is 9.88. The molecule has 0 aromatic carbocycles. The lowest BCUT2D eigenvalue weighted by Crippen LogP contribution is -2.45. The molecule has 94 valence electrons. The van der Waals surface area contributed by atoms with Gasteiger partial charge in [0.2, 0.25) is 11.8 Å². The van der Waals surface area contributed by atoms with E-state index in [1.165, 1.54) is 0 Å². The molecule has 0 aromatic rings. The quantitative estimate of drug-likeness (QED) is 0.770. The minimum Gasteiger partial charge on any atom is -0.354 e. The predicted molar refractivity (Wildman–Crippen MR) is 64.9 cm³/mol. The van der Waals surface area contributed by atoms with E-state index in [1.54, 1.807) is 11.9 Å². The molecule has 0 aliphatic rings. The topological polar surface area (TPSA) is 49.4 Å². The fourth-order valence-electron chi connectivity index (χ4n) is 1.21. The smallest absolute Gasteiger partial charge is 0.225 e. The lowest BCUT2D eigenvalue weighted by molar-refractivity contribution is -0.135. The van der Waals surface area contributed by atoms with Crippen LogP contribution in [-0.4, -0.2) is 36.3 Å². The van der Waals surface area contributed by atoms with E-state index in [0.717, 1.165) is 0 Å². The molecule has 0 fully saturated rings. The van der Waals surface area contributed by atoms with Crippen molar-refractivity contribution in [1.82, 2.24) is 10.2 Å². The first-order valence-corrected chi connectivity index (χ1v) is 5.81. The summed E-state index contributed by atoms with van der Waals surface area (Å²) < 4.78 is 0. The van der Waals surface area contributed by atoms with Gasteiger partial charge in [0.15, 0.2) is 0 Å². The maximum Gasteiger partial charge on any atom is 0.225 e. The van der Waals surface area contributed by atoms with Crippen molar-refractivity contribution in [3.8, 4) is 0 Å². The molecule has 16 heavy (non-hydrogen) atoms. The van der Waals surface area contributed by atoms with Gasteiger partial charge in [0, 0.05) is 31.5 Å². The van der Waals surface area contributed by atoms with Gasteiger partial charge in [0.25, 0.3) is 0 Å². The number of likely N-dealkylation sites (N-methyl/N-ethyl adjacent to an activating group) is 1. The van der Waals surface area contributed by atoms with Gasteiger partial charge in [-0.15, -0.1) is 0 Å². The van der Waals surface area contributed by atoms with E-state index < -0.39 is 0 Å². The summed E-state index contributed by atoms with van der Waals surface area (Å²) in [5.74, 6) is 0.107. The molecule has 0 saturated carbocycles. The molecule has 0 aliphatic carbocycles. The molecule has 0 bridgehead atoms. The summed E-state index contributed by atoms with van der Waals surface area (Å²) >= 11 is 0. The second kappa shape index (κ2) is 6.51. The monoisotopic (exact) mass is 228 g/mol. The van der Waals surface area contributed by atoms with Crippen LogP contribution in [0.4, 0.5) is 0 Å². The summed E-state index contributed by atoms with van der Waals surface area (Å²) in [6.07, 6.45) is 0. The molecule has 1 atom stereocenters.